The second-order valence-electron chi connectivity index (χ2n) is 7.01. The fourth-order valence-corrected chi connectivity index (χ4v) is 6.50. The van der Waals surface area contributed by atoms with E-state index in [1.807, 2.05) is 34.6 Å². The molecule has 1 atom stereocenters. The van der Waals surface area contributed by atoms with E-state index in [0.29, 0.717) is 12.3 Å². The Morgan fingerprint density at radius 3 is 3.00 bits per heavy atom. The summed E-state index contributed by atoms with van der Waals surface area (Å²) in [5.41, 5.74) is 0.986. The van der Waals surface area contributed by atoms with Gasteiger partial charge in [-0.25, -0.2) is 0 Å². The predicted octanol–water partition coefficient (Wildman–Crippen LogP) is 3.73. The van der Waals surface area contributed by atoms with Crippen molar-refractivity contribution in [3.63, 3.8) is 0 Å². The van der Waals surface area contributed by atoms with Crippen LogP contribution in [0, 0.1) is 6.92 Å². The number of carbonyl (C=O) groups is 1. The van der Waals surface area contributed by atoms with Crippen LogP contribution in [0.4, 0.5) is 0 Å². The lowest BCUT2D eigenvalue weighted by Crippen LogP contribution is -2.35. The maximum atomic E-state index is 12.5. The quantitative estimate of drug-likeness (QED) is 0.528. The Bertz CT molecular complexity index is 546. The molecular weight excluding hydrogens is 354 g/mol. The molecule has 0 N–H and O–H groups in total. The number of aryl methyl sites for hydroxylation is 1. The van der Waals surface area contributed by atoms with Crippen molar-refractivity contribution in [2.24, 2.45) is 0 Å². The first kappa shape index (κ1) is 19.1. The minimum atomic E-state index is 0.340. The standard InChI is InChI=1S/C18H29N3O2S2/c1-15-13-16(19-23-15)14-20-8-4-9-21(11-10-20)18(22)6-3-2-5-17-7-12-24-25-17/h13,17H,2-12,14H2,1H3. The number of hydrogen-bond acceptors (Lipinski definition) is 6. The van der Waals surface area contributed by atoms with E-state index in [-0.39, 0.29) is 0 Å². The second-order valence-corrected chi connectivity index (χ2v) is 9.80. The minimum absolute atomic E-state index is 0.340. The lowest BCUT2D eigenvalue weighted by atomic mass is 10.1. The predicted molar refractivity (Wildman–Crippen MR) is 105 cm³/mol. The molecule has 1 amide bonds. The highest BCUT2D eigenvalue weighted by atomic mass is 33.1. The van der Waals surface area contributed by atoms with E-state index in [0.717, 1.165) is 62.3 Å². The number of rotatable bonds is 7. The van der Waals surface area contributed by atoms with Crippen molar-refractivity contribution in [1.82, 2.24) is 15.0 Å². The van der Waals surface area contributed by atoms with E-state index in [9.17, 15) is 4.79 Å². The molecule has 2 aliphatic heterocycles. The third-order valence-corrected chi connectivity index (χ3v) is 7.90. The van der Waals surface area contributed by atoms with Gasteiger partial charge in [-0.05, 0) is 32.6 Å². The smallest absolute Gasteiger partial charge is 0.222 e. The van der Waals surface area contributed by atoms with E-state index in [4.69, 9.17) is 4.52 Å². The minimum Gasteiger partial charge on any atom is -0.361 e. The summed E-state index contributed by atoms with van der Waals surface area (Å²) in [7, 11) is 4.04. The van der Waals surface area contributed by atoms with Crippen molar-refractivity contribution >= 4 is 27.5 Å². The molecule has 7 heteroatoms. The first-order chi connectivity index (χ1) is 12.2. The van der Waals surface area contributed by atoms with Crippen LogP contribution in [0.25, 0.3) is 0 Å². The van der Waals surface area contributed by atoms with Crippen molar-refractivity contribution in [3.8, 4) is 0 Å². The van der Waals surface area contributed by atoms with Crippen LogP contribution in [0.2, 0.25) is 0 Å². The van der Waals surface area contributed by atoms with Crippen molar-refractivity contribution < 1.29 is 9.32 Å². The summed E-state index contributed by atoms with van der Waals surface area (Å²) in [6.45, 7) is 6.41. The van der Waals surface area contributed by atoms with Gasteiger partial charge in [-0.1, -0.05) is 33.2 Å². The summed E-state index contributed by atoms with van der Waals surface area (Å²) >= 11 is 0. The first-order valence-electron chi connectivity index (χ1n) is 9.41. The van der Waals surface area contributed by atoms with Gasteiger partial charge in [0.1, 0.15) is 5.76 Å². The van der Waals surface area contributed by atoms with Gasteiger partial charge in [0.2, 0.25) is 5.91 Å². The second kappa shape index (κ2) is 9.88. The zero-order valence-corrected chi connectivity index (χ0v) is 16.7. The van der Waals surface area contributed by atoms with Gasteiger partial charge in [-0.3, -0.25) is 9.69 Å². The molecule has 2 aliphatic rings. The number of nitrogens with zero attached hydrogens (tertiary/aromatic N) is 3. The molecule has 25 heavy (non-hydrogen) atoms. The lowest BCUT2D eigenvalue weighted by molar-refractivity contribution is -0.131. The van der Waals surface area contributed by atoms with E-state index in [1.165, 1.54) is 25.0 Å². The molecule has 0 aliphatic carbocycles. The Hall–Kier alpha value is -0.660. The van der Waals surface area contributed by atoms with E-state index in [1.54, 1.807) is 0 Å². The normalized spacial score (nSPS) is 22.3. The summed E-state index contributed by atoms with van der Waals surface area (Å²) in [6.07, 6.45) is 6.60. The monoisotopic (exact) mass is 383 g/mol. The Labute approximate surface area is 158 Å². The first-order valence-corrected chi connectivity index (χ1v) is 11.8. The van der Waals surface area contributed by atoms with Gasteiger partial charge < -0.3 is 9.42 Å². The largest absolute Gasteiger partial charge is 0.361 e. The van der Waals surface area contributed by atoms with Crippen LogP contribution in [0.5, 0.6) is 0 Å². The zero-order chi connectivity index (χ0) is 17.5. The van der Waals surface area contributed by atoms with Crippen LogP contribution >= 0.6 is 21.6 Å². The van der Waals surface area contributed by atoms with Gasteiger partial charge >= 0.3 is 0 Å². The third kappa shape index (κ3) is 6.22. The van der Waals surface area contributed by atoms with E-state index < -0.39 is 0 Å². The highest BCUT2D eigenvalue weighted by Gasteiger charge is 2.20. The van der Waals surface area contributed by atoms with Crippen LogP contribution < -0.4 is 0 Å². The molecule has 140 valence electrons. The Kier molecular flexibility index (Phi) is 7.55. The molecule has 3 rings (SSSR count). The van der Waals surface area contributed by atoms with Gasteiger partial charge in [0.15, 0.2) is 0 Å². The molecule has 1 aromatic heterocycles. The molecule has 2 saturated heterocycles. The van der Waals surface area contributed by atoms with Crippen LogP contribution in [-0.2, 0) is 11.3 Å². The van der Waals surface area contributed by atoms with Crippen molar-refractivity contribution in [2.75, 3.05) is 31.9 Å². The fraction of sp³-hybridized carbons (Fsp3) is 0.778. The number of hydrogen-bond donors (Lipinski definition) is 0. The van der Waals surface area contributed by atoms with Crippen LogP contribution in [0.1, 0.15) is 50.0 Å². The molecule has 0 saturated carbocycles. The molecule has 5 nitrogen and oxygen atoms in total. The van der Waals surface area contributed by atoms with E-state index >= 15 is 0 Å². The maximum absolute atomic E-state index is 12.5. The van der Waals surface area contributed by atoms with Gasteiger partial charge in [0, 0.05) is 56.2 Å². The summed E-state index contributed by atoms with van der Waals surface area (Å²) < 4.78 is 5.14. The molecule has 0 bridgehead atoms. The molecule has 3 heterocycles. The molecule has 1 aromatic rings. The number of carbonyl (C=O) groups excluding carboxylic acids is 1. The van der Waals surface area contributed by atoms with Crippen LogP contribution in [-0.4, -0.2) is 58.0 Å². The van der Waals surface area contributed by atoms with Gasteiger partial charge in [-0.15, -0.1) is 0 Å². The van der Waals surface area contributed by atoms with E-state index in [2.05, 4.69) is 15.0 Å². The molecule has 0 spiro atoms. The van der Waals surface area contributed by atoms with Crippen molar-refractivity contribution in [3.05, 3.63) is 17.5 Å². The SMILES string of the molecule is Cc1cc(CN2CCCN(C(=O)CCCCC3CCSS3)CC2)no1. The van der Waals surface area contributed by atoms with Crippen molar-refractivity contribution in [1.29, 1.82) is 0 Å². The zero-order valence-electron chi connectivity index (χ0n) is 15.1. The average Bonchev–Trinajstić information content (AvgIpc) is 3.19. The van der Waals surface area contributed by atoms with Gasteiger partial charge in [0.05, 0.1) is 5.69 Å². The number of amides is 1. The fourth-order valence-electron chi connectivity index (χ4n) is 3.47. The summed E-state index contributed by atoms with van der Waals surface area (Å²) in [5, 5.41) is 4.90. The molecule has 1 unspecified atom stereocenters. The summed E-state index contributed by atoms with van der Waals surface area (Å²) in [5.74, 6) is 2.50. The van der Waals surface area contributed by atoms with Crippen LogP contribution in [0.15, 0.2) is 10.6 Å². The molecule has 0 aromatic carbocycles. The third-order valence-electron chi connectivity index (χ3n) is 4.90. The highest BCUT2D eigenvalue weighted by Crippen LogP contribution is 2.39. The average molecular weight is 384 g/mol. The number of unbranched alkanes of at least 4 members (excludes halogenated alkanes) is 1. The Morgan fingerprint density at radius 1 is 1.32 bits per heavy atom. The number of aromatic nitrogens is 1. The Balaban J connectivity index is 1.34. The topological polar surface area (TPSA) is 49.6 Å². The summed E-state index contributed by atoms with van der Waals surface area (Å²) in [4.78, 5) is 16.9. The molecule has 2 fully saturated rings. The Morgan fingerprint density at radius 2 is 2.24 bits per heavy atom. The van der Waals surface area contributed by atoms with Gasteiger partial charge in [0.25, 0.3) is 0 Å². The summed E-state index contributed by atoms with van der Waals surface area (Å²) in [6, 6.07) is 1.99. The highest BCUT2D eigenvalue weighted by molar-refractivity contribution is 8.77. The lowest BCUT2D eigenvalue weighted by Gasteiger charge is -2.21. The van der Waals surface area contributed by atoms with Gasteiger partial charge in [-0.2, -0.15) is 0 Å². The van der Waals surface area contributed by atoms with Crippen molar-refractivity contribution in [2.45, 2.75) is 57.2 Å². The molecule has 0 radical (unpaired) electrons. The van der Waals surface area contributed by atoms with Crippen LogP contribution in [0.3, 0.4) is 0 Å². The molecular formula is C18H29N3O2S2. The maximum Gasteiger partial charge on any atom is 0.222 e.